The number of nitrogens with one attached hydrogen (secondary N) is 1. The summed E-state index contributed by atoms with van der Waals surface area (Å²) in [5, 5.41) is 2.84. The molecular weight excluding hydrogens is 369 g/mol. The second kappa shape index (κ2) is 8.74. The predicted octanol–water partition coefficient (Wildman–Crippen LogP) is 3.71. The van der Waals surface area contributed by atoms with Gasteiger partial charge in [-0.1, -0.05) is 0 Å². The van der Waals surface area contributed by atoms with Crippen molar-refractivity contribution >= 4 is 23.1 Å². The van der Waals surface area contributed by atoms with Gasteiger partial charge in [0.2, 0.25) is 5.91 Å². The summed E-state index contributed by atoms with van der Waals surface area (Å²) in [7, 11) is 0. The van der Waals surface area contributed by atoms with Crippen molar-refractivity contribution < 1.29 is 14.0 Å². The number of anilines is 2. The van der Waals surface area contributed by atoms with Crippen LogP contribution in [0.25, 0.3) is 0 Å². The summed E-state index contributed by atoms with van der Waals surface area (Å²) in [5.74, 6) is -0.750. The van der Waals surface area contributed by atoms with E-state index in [4.69, 9.17) is 0 Å². The van der Waals surface area contributed by atoms with Gasteiger partial charge in [-0.2, -0.15) is 0 Å². The van der Waals surface area contributed by atoms with E-state index >= 15 is 0 Å². The van der Waals surface area contributed by atoms with Crippen LogP contribution in [0.3, 0.4) is 0 Å². The number of hydrogen-bond donors (Lipinski definition) is 1. The van der Waals surface area contributed by atoms with Gasteiger partial charge >= 0.3 is 0 Å². The minimum absolute atomic E-state index is 0.0980. The molecule has 1 N–H and O–H groups in total. The van der Waals surface area contributed by atoms with Gasteiger partial charge in [-0.05, 0) is 61.4 Å². The van der Waals surface area contributed by atoms with E-state index in [2.05, 4.69) is 15.1 Å². The third-order valence-corrected chi connectivity index (χ3v) is 5.64. The van der Waals surface area contributed by atoms with Crippen molar-refractivity contribution in [1.82, 2.24) is 4.90 Å². The molecule has 2 aromatic carbocycles. The molecule has 4 rings (SSSR count). The van der Waals surface area contributed by atoms with Crippen molar-refractivity contribution in [1.29, 1.82) is 0 Å². The zero-order valence-corrected chi connectivity index (χ0v) is 16.4. The maximum absolute atomic E-state index is 12.9. The number of carbonyl (C=O) groups is 2. The maximum atomic E-state index is 12.9. The van der Waals surface area contributed by atoms with E-state index in [-0.39, 0.29) is 30.3 Å². The van der Waals surface area contributed by atoms with Crippen molar-refractivity contribution in [2.75, 3.05) is 36.4 Å². The lowest BCUT2D eigenvalue weighted by molar-refractivity contribution is -0.116. The van der Waals surface area contributed by atoms with Gasteiger partial charge in [-0.25, -0.2) is 4.39 Å². The molecule has 29 heavy (non-hydrogen) atoms. The van der Waals surface area contributed by atoms with E-state index < -0.39 is 0 Å². The summed E-state index contributed by atoms with van der Waals surface area (Å²) in [4.78, 5) is 29.2. The van der Waals surface area contributed by atoms with Gasteiger partial charge in [0.1, 0.15) is 5.82 Å². The van der Waals surface area contributed by atoms with Crippen LogP contribution in [0.4, 0.5) is 15.8 Å². The largest absolute Gasteiger partial charge is 0.369 e. The molecule has 0 unspecified atom stereocenters. The number of benzene rings is 2. The quantitative estimate of drug-likeness (QED) is 0.726. The number of ketones is 1. The number of amides is 1. The molecule has 0 atom stereocenters. The van der Waals surface area contributed by atoms with Crippen LogP contribution in [0.1, 0.15) is 36.0 Å². The van der Waals surface area contributed by atoms with Gasteiger partial charge in [0.15, 0.2) is 5.78 Å². The highest BCUT2D eigenvalue weighted by Crippen LogP contribution is 2.28. The Labute approximate surface area is 170 Å². The normalized spacial score (nSPS) is 17.2. The van der Waals surface area contributed by atoms with Crippen LogP contribution in [0.15, 0.2) is 48.5 Å². The average molecular weight is 395 g/mol. The standard InChI is InChI=1S/C23H26FN3O2/c24-18-3-1-17(2-4-18)22(28)11-12-23(29)25-19-5-7-20(8-6-19)26-13-15-27(16-14-26)21-9-10-21/h1-8,21H,9-16H2,(H,25,29). The highest BCUT2D eigenvalue weighted by atomic mass is 19.1. The summed E-state index contributed by atoms with van der Waals surface area (Å²) >= 11 is 0. The molecule has 0 bridgehead atoms. The lowest BCUT2D eigenvalue weighted by Gasteiger charge is -2.36. The smallest absolute Gasteiger partial charge is 0.224 e. The van der Waals surface area contributed by atoms with Crippen LogP contribution >= 0.6 is 0 Å². The second-order valence-corrected chi connectivity index (χ2v) is 7.78. The summed E-state index contributed by atoms with van der Waals surface area (Å²) in [5.41, 5.74) is 2.32. The topological polar surface area (TPSA) is 52.7 Å². The molecule has 1 heterocycles. The molecule has 0 aromatic heterocycles. The fraction of sp³-hybridized carbons (Fsp3) is 0.391. The molecule has 1 aliphatic heterocycles. The highest BCUT2D eigenvalue weighted by molar-refractivity contribution is 6.00. The average Bonchev–Trinajstić information content (AvgIpc) is 3.59. The Morgan fingerprint density at radius 2 is 1.55 bits per heavy atom. The molecule has 152 valence electrons. The Morgan fingerprint density at radius 1 is 0.897 bits per heavy atom. The number of hydrogen-bond acceptors (Lipinski definition) is 4. The van der Waals surface area contributed by atoms with Crippen molar-refractivity contribution in [3.05, 3.63) is 59.9 Å². The molecule has 1 saturated heterocycles. The molecule has 0 spiro atoms. The van der Waals surface area contributed by atoms with Gasteiger partial charge in [-0.15, -0.1) is 0 Å². The minimum Gasteiger partial charge on any atom is -0.369 e. The summed E-state index contributed by atoms with van der Waals surface area (Å²) in [6.45, 7) is 4.30. The van der Waals surface area contributed by atoms with Crippen molar-refractivity contribution in [2.45, 2.75) is 31.7 Å². The van der Waals surface area contributed by atoms with Crippen molar-refractivity contribution in [2.24, 2.45) is 0 Å². The van der Waals surface area contributed by atoms with Gasteiger partial charge < -0.3 is 10.2 Å². The summed E-state index contributed by atoms with van der Waals surface area (Å²) < 4.78 is 12.9. The second-order valence-electron chi connectivity index (χ2n) is 7.78. The van der Waals surface area contributed by atoms with E-state index in [1.807, 2.05) is 24.3 Å². The first-order valence-electron chi connectivity index (χ1n) is 10.3. The lowest BCUT2D eigenvalue weighted by atomic mass is 10.1. The Kier molecular flexibility index (Phi) is 5.90. The zero-order chi connectivity index (χ0) is 20.2. The van der Waals surface area contributed by atoms with Gasteiger partial charge in [0.25, 0.3) is 0 Å². The molecule has 1 saturated carbocycles. The van der Waals surface area contributed by atoms with E-state index in [1.54, 1.807) is 0 Å². The monoisotopic (exact) mass is 395 g/mol. The van der Waals surface area contributed by atoms with Gasteiger partial charge in [-0.3, -0.25) is 14.5 Å². The summed E-state index contributed by atoms with van der Waals surface area (Å²) in [6, 6.07) is 14.1. The van der Waals surface area contributed by atoms with Crippen LogP contribution in [0, 0.1) is 5.82 Å². The molecule has 1 amide bonds. The number of nitrogens with zero attached hydrogens (tertiary/aromatic N) is 2. The zero-order valence-electron chi connectivity index (χ0n) is 16.4. The van der Waals surface area contributed by atoms with E-state index in [1.165, 1.54) is 42.8 Å². The van der Waals surface area contributed by atoms with Gasteiger partial charge in [0, 0.05) is 62.0 Å². The number of halogens is 1. The summed E-state index contributed by atoms with van der Waals surface area (Å²) in [6.07, 6.45) is 2.90. The van der Waals surface area contributed by atoms with Crippen LogP contribution in [-0.4, -0.2) is 48.8 Å². The molecule has 2 fully saturated rings. The highest BCUT2D eigenvalue weighted by Gasteiger charge is 2.31. The third-order valence-electron chi connectivity index (χ3n) is 5.64. The van der Waals surface area contributed by atoms with Crippen LogP contribution in [0.2, 0.25) is 0 Å². The molecule has 2 aromatic rings. The fourth-order valence-electron chi connectivity index (χ4n) is 3.77. The Hall–Kier alpha value is -2.73. The van der Waals surface area contributed by atoms with E-state index in [9.17, 15) is 14.0 Å². The molecule has 2 aliphatic rings. The Balaban J connectivity index is 1.23. The van der Waals surface area contributed by atoms with E-state index in [0.717, 1.165) is 37.9 Å². The first-order chi connectivity index (χ1) is 14.1. The molecular formula is C23H26FN3O2. The van der Waals surface area contributed by atoms with Crippen molar-refractivity contribution in [3.63, 3.8) is 0 Å². The lowest BCUT2D eigenvalue weighted by Crippen LogP contribution is -2.47. The van der Waals surface area contributed by atoms with E-state index in [0.29, 0.717) is 5.56 Å². The SMILES string of the molecule is O=C(CCC(=O)c1ccc(F)cc1)Nc1ccc(N2CCN(C3CC3)CC2)cc1. The third kappa shape index (κ3) is 5.21. The fourth-order valence-corrected chi connectivity index (χ4v) is 3.77. The maximum Gasteiger partial charge on any atom is 0.224 e. The number of Topliss-reactive ketones (excluding diaryl/α,β-unsaturated/α-hetero) is 1. The number of piperazine rings is 1. The molecule has 0 radical (unpaired) electrons. The first kappa shape index (κ1) is 19.6. The predicted molar refractivity (Wildman–Crippen MR) is 112 cm³/mol. The van der Waals surface area contributed by atoms with Gasteiger partial charge in [0.05, 0.1) is 0 Å². The van der Waals surface area contributed by atoms with Crippen LogP contribution < -0.4 is 10.2 Å². The first-order valence-corrected chi connectivity index (χ1v) is 10.3. The Bertz CT molecular complexity index is 855. The Morgan fingerprint density at radius 3 is 2.17 bits per heavy atom. The molecule has 6 heteroatoms. The molecule has 1 aliphatic carbocycles. The van der Waals surface area contributed by atoms with Crippen molar-refractivity contribution in [3.8, 4) is 0 Å². The van der Waals surface area contributed by atoms with Crippen LogP contribution in [-0.2, 0) is 4.79 Å². The number of carbonyl (C=O) groups excluding carboxylic acids is 2. The van der Waals surface area contributed by atoms with Crippen LogP contribution in [0.5, 0.6) is 0 Å². The minimum atomic E-state index is -0.382. The number of rotatable bonds is 7. The molecule has 5 nitrogen and oxygen atoms in total.